The Morgan fingerprint density at radius 3 is 2.71 bits per heavy atom. The maximum atomic E-state index is 12.1. The number of nitrogens with one attached hydrogen (secondary N) is 1. The minimum absolute atomic E-state index is 0.206. The Morgan fingerprint density at radius 2 is 2.05 bits per heavy atom. The van der Waals surface area contributed by atoms with Gasteiger partial charge in [0.25, 0.3) is 5.91 Å². The average Bonchev–Trinajstić information content (AvgIpc) is 2.94. The maximum Gasteiger partial charge on any atom is 0.340 e. The van der Waals surface area contributed by atoms with E-state index in [9.17, 15) is 9.59 Å². The highest BCUT2D eigenvalue weighted by molar-refractivity contribution is 9.10. The molecule has 5 nitrogen and oxygen atoms in total. The van der Waals surface area contributed by atoms with E-state index in [1.54, 1.807) is 25.1 Å². The van der Waals surface area contributed by atoms with Crippen LogP contribution in [0.5, 0.6) is 0 Å². The standard InChI is InChI=1S/C15H19BrN2O3/c1-9(14(19)18-10-5-2-3-6-10)21-15(20)11-7-4-8-12(17)13(11)16/h4,7-10H,2-3,5-6,17H2,1H3,(H,18,19). The highest BCUT2D eigenvalue weighted by Crippen LogP contribution is 2.24. The number of carbonyl (C=O) groups excluding carboxylic acids is 2. The molecule has 0 bridgehead atoms. The molecule has 1 aliphatic carbocycles. The maximum absolute atomic E-state index is 12.1. The summed E-state index contributed by atoms with van der Waals surface area (Å²) in [6, 6.07) is 5.15. The number of esters is 1. The normalized spacial score (nSPS) is 16.5. The first-order valence-corrected chi connectivity index (χ1v) is 7.83. The fourth-order valence-corrected chi connectivity index (χ4v) is 2.80. The van der Waals surface area contributed by atoms with Crippen LogP contribution < -0.4 is 11.1 Å². The number of ether oxygens (including phenoxy) is 1. The first kappa shape index (κ1) is 15.8. The van der Waals surface area contributed by atoms with Gasteiger partial charge in [-0.05, 0) is 47.8 Å². The molecule has 3 N–H and O–H groups in total. The van der Waals surface area contributed by atoms with E-state index in [-0.39, 0.29) is 11.9 Å². The predicted molar refractivity (Wildman–Crippen MR) is 83.8 cm³/mol. The summed E-state index contributed by atoms with van der Waals surface area (Å²) in [4.78, 5) is 24.1. The first-order valence-electron chi connectivity index (χ1n) is 7.04. The van der Waals surface area contributed by atoms with Gasteiger partial charge in [0.1, 0.15) is 0 Å². The number of rotatable bonds is 4. The summed E-state index contributed by atoms with van der Waals surface area (Å²) in [6.07, 6.45) is 3.43. The molecule has 0 aromatic heterocycles. The van der Waals surface area contributed by atoms with Gasteiger partial charge in [0, 0.05) is 11.7 Å². The fraction of sp³-hybridized carbons (Fsp3) is 0.467. The lowest BCUT2D eigenvalue weighted by atomic mass is 10.2. The number of amides is 1. The van der Waals surface area contributed by atoms with Crippen molar-refractivity contribution in [2.45, 2.75) is 44.8 Å². The molecule has 1 aromatic carbocycles. The van der Waals surface area contributed by atoms with E-state index < -0.39 is 12.1 Å². The molecule has 0 heterocycles. The SMILES string of the molecule is CC(OC(=O)c1cccc(N)c1Br)C(=O)NC1CCCC1. The lowest BCUT2D eigenvalue weighted by Gasteiger charge is -2.17. The van der Waals surface area contributed by atoms with Crippen LogP contribution in [0.4, 0.5) is 5.69 Å². The van der Waals surface area contributed by atoms with Crippen molar-refractivity contribution in [2.24, 2.45) is 0 Å². The molecule has 1 aliphatic rings. The zero-order valence-electron chi connectivity index (χ0n) is 11.9. The highest BCUT2D eigenvalue weighted by atomic mass is 79.9. The Hall–Kier alpha value is -1.56. The van der Waals surface area contributed by atoms with E-state index in [4.69, 9.17) is 10.5 Å². The van der Waals surface area contributed by atoms with Gasteiger partial charge in [0.15, 0.2) is 6.10 Å². The molecule has 0 radical (unpaired) electrons. The number of halogens is 1. The van der Waals surface area contributed by atoms with Crippen LogP contribution in [0, 0.1) is 0 Å². The summed E-state index contributed by atoms with van der Waals surface area (Å²) in [7, 11) is 0. The molecule has 0 spiro atoms. The number of hydrogen-bond acceptors (Lipinski definition) is 4. The van der Waals surface area contributed by atoms with Gasteiger partial charge in [0.05, 0.1) is 10.0 Å². The first-order chi connectivity index (χ1) is 9.99. The Labute approximate surface area is 132 Å². The van der Waals surface area contributed by atoms with Gasteiger partial charge in [0.2, 0.25) is 0 Å². The molecular formula is C15H19BrN2O3. The molecule has 2 rings (SSSR count). The average molecular weight is 355 g/mol. The number of carbonyl (C=O) groups is 2. The van der Waals surface area contributed by atoms with E-state index in [1.165, 1.54) is 0 Å². The van der Waals surface area contributed by atoms with Gasteiger partial charge in [-0.25, -0.2) is 4.79 Å². The Kier molecular flexibility index (Phi) is 5.22. The summed E-state index contributed by atoms with van der Waals surface area (Å²) in [5.41, 5.74) is 6.49. The molecular weight excluding hydrogens is 336 g/mol. The number of benzene rings is 1. The summed E-state index contributed by atoms with van der Waals surface area (Å²) in [5.74, 6) is -0.821. The van der Waals surface area contributed by atoms with Crippen LogP contribution >= 0.6 is 15.9 Å². The van der Waals surface area contributed by atoms with Crippen molar-refractivity contribution < 1.29 is 14.3 Å². The van der Waals surface area contributed by atoms with Crippen LogP contribution in [0.3, 0.4) is 0 Å². The largest absolute Gasteiger partial charge is 0.449 e. The molecule has 6 heteroatoms. The topological polar surface area (TPSA) is 81.4 Å². The van der Waals surface area contributed by atoms with E-state index >= 15 is 0 Å². The van der Waals surface area contributed by atoms with Crippen LogP contribution in [0.15, 0.2) is 22.7 Å². The second-order valence-electron chi connectivity index (χ2n) is 5.25. The van der Waals surface area contributed by atoms with E-state index in [0.29, 0.717) is 15.7 Å². The monoisotopic (exact) mass is 354 g/mol. The van der Waals surface area contributed by atoms with Gasteiger partial charge in [-0.1, -0.05) is 18.9 Å². The third-order valence-corrected chi connectivity index (χ3v) is 4.49. The Morgan fingerprint density at radius 1 is 1.38 bits per heavy atom. The van der Waals surface area contributed by atoms with Crippen LogP contribution in [-0.2, 0) is 9.53 Å². The van der Waals surface area contributed by atoms with Crippen LogP contribution in [0.1, 0.15) is 43.0 Å². The summed E-state index contributed by atoms with van der Waals surface area (Å²) >= 11 is 3.25. The molecule has 21 heavy (non-hydrogen) atoms. The minimum atomic E-state index is -0.827. The van der Waals surface area contributed by atoms with Gasteiger partial charge in [-0.2, -0.15) is 0 Å². The van der Waals surface area contributed by atoms with Crippen LogP contribution in [0.2, 0.25) is 0 Å². The van der Waals surface area contributed by atoms with Gasteiger partial charge in [-0.15, -0.1) is 0 Å². The van der Waals surface area contributed by atoms with Crippen LogP contribution in [-0.4, -0.2) is 24.0 Å². The number of nitrogens with two attached hydrogens (primary N) is 1. The molecule has 0 saturated heterocycles. The third kappa shape index (κ3) is 3.97. The second kappa shape index (κ2) is 6.93. The smallest absolute Gasteiger partial charge is 0.340 e. The molecule has 0 aliphatic heterocycles. The lowest BCUT2D eigenvalue weighted by Crippen LogP contribution is -2.40. The minimum Gasteiger partial charge on any atom is -0.449 e. The number of hydrogen-bond donors (Lipinski definition) is 2. The van der Waals surface area contributed by atoms with E-state index in [2.05, 4.69) is 21.2 Å². The third-order valence-electron chi connectivity index (χ3n) is 3.60. The number of nitrogen functional groups attached to an aromatic ring is 1. The quantitative estimate of drug-likeness (QED) is 0.643. The van der Waals surface area contributed by atoms with E-state index in [0.717, 1.165) is 25.7 Å². The van der Waals surface area contributed by atoms with Crippen molar-refractivity contribution in [2.75, 3.05) is 5.73 Å². The molecule has 1 atom stereocenters. The summed E-state index contributed by atoms with van der Waals surface area (Å²) in [5, 5.41) is 2.91. The Balaban J connectivity index is 1.95. The molecule has 1 saturated carbocycles. The van der Waals surface area contributed by atoms with E-state index in [1.807, 2.05) is 0 Å². The van der Waals surface area contributed by atoms with Crippen molar-refractivity contribution in [1.82, 2.24) is 5.32 Å². The van der Waals surface area contributed by atoms with Crippen molar-refractivity contribution in [1.29, 1.82) is 0 Å². The van der Waals surface area contributed by atoms with Crippen molar-refractivity contribution in [3.63, 3.8) is 0 Å². The van der Waals surface area contributed by atoms with Gasteiger partial charge in [-0.3, -0.25) is 4.79 Å². The van der Waals surface area contributed by atoms with Gasteiger partial charge < -0.3 is 15.8 Å². The zero-order chi connectivity index (χ0) is 15.4. The van der Waals surface area contributed by atoms with Crippen molar-refractivity contribution in [3.05, 3.63) is 28.2 Å². The van der Waals surface area contributed by atoms with Crippen molar-refractivity contribution in [3.8, 4) is 0 Å². The lowest BCUT2D eigenvalue weighted by molar-refractivity contribution is -0.129. The van der Waals surface area contributed by atoms with Gasteiger partial charge >= 0.3 is 5.97 Å². The molecule has 1 fully saturated rings. The predicted octanol–water partition coefficient (Wildman–Crippen LogP) is 2.64. The second-order valence-corrected chi connectivity index (χ2v) is 6.04. The van der Waals surface area contributed by atoms with Crippen LogP contribution in [0.25, 0.3) is 0 Å². The van der Waals surface area contributed by atoms with Crippen molar-refractivity contribution >= 4 is 33.5 Å². The molecule has 1 aromatic rings. The molecule has 1 amide bonds. The summed E-state index contributed by atoms with van der Waals surface area (Å²) in [6.45, 7) is 1.57. The Bertz CT molecular complexity index is 542. The highest BCUT2D eigenvalue weighted by Gasteiger charge is 2.24. The molecule has 1 unspecified atom stereocenters. The zero-order valence-corrected chi connectivity index (χ0v) is 13.5. The number of anilines is 1. The fourth-order valence-electron chi connectivity index (χ4n) is 2.37. The summed E-state index contributed by atoms with van der Waals surface area (Å²) < 4.78 is 5.69. The molecule has 114 valence electrons.